The van der Waals surface area contributed by atoms with Gasteiger partial charge in [-0.15, -0.1) is 11.8 Å². The van der Waals surface area contributed by atoms with E-state index in [0.29, 0.717) is 12.2 Å². The molecule has 0 aliphatic rings. The predicted octanol–water partition coefficient (Wildman–Crippen LogP) is 4.55. The van der Waals surface area contributed by atoms with E-state index in [9.17, 15) is 9.59 Å². The summed E-state index contributed by atoms with van der Waals surface area (Å²) in [5.74, 6) is 1.38. The lowest BCUT2D eigenvalue weighted by Gasteiger charge is -2.21. The lowest BCUT2D eigenvalue weighted by atomic mass is 10.1. The second-order valence-electron chi connectivity index (χ2n) is 6.45. The number of benzene rings is 2. The van der Waals surface area contributed by atoms with Crippen molar-refractivity contribution in [3.8, 4) is 5.75 Å². The Hall–Kier alpha value is -1.96. The lowest BCUT2D eigenvalue weighted by molar-refractivity contribution is -0.128. The first-order valence-corrected chi connectivity index (χ1v) is 11.1. The molecule has 0 saturated carbocycles. The van der Waals surface area contributed by atoms with Gasteiger partial charge in [-0.05, 0) is 11.6 Å². The normalized spacial score (nSPS) is 12.8. The number of carbonyl (C=O) groups is 2. The molecular formula is C22H27NO4S2. The van der Waals surface area contributed by atoms with Crippen LogP contribution in [0.3, 0.4) is 0 Å². The fourth-order valence-corrected chi connectivity index (χ4v) is 5.30. The molecule has 0 N–H and O–H groups in total. The molecule has 29 heavy (non-hydrogen) atoms. The maximum atomic E-state index is 13.1. The third kappa shape index (κ3) is 6.80. The van der Waals surface area contributed by atoms with E-state index in [2.05, 4.69) is 0 Å². The van der Waals surface area contributed by atoms with Gasteiger partial charge in [0.2, 0.25) is 11.0 Å². The monoisotopic (exact) mass is 433 g/mol. The predicted molar refractivity (Wildman–Crippen MR) is 120 cm³/mol. The molecule has 2 aromatic rings. The second kappa shape index (κ2) is 11.9. The highest BCUT2D eigenvalue weighted by Crippen LogP contribution is 2.45. The molecule has 0 fully saturated rings. The Bertz CT molecular complexity index is 798. The van der Waals surface area contributed by atoms with Crippen molar-refractivity contribution in [3.63, 3.8) is 0 Å². The number of thioether (sulfide) groups is 2. The Morgan fingerprint density at radius 1 is 1.00 bits per heavy atom. The second-order valence-corrected chi connectivity index (χ2v) is 9.07. The Labute approximate surface area is 181 Å². The highest BCUT2D eigenvalue weighted by molar-refractivity contribution is 8.24. The SMILES string of the molecule is COc1ccccc1C(SCCC(=O)N(C)C)SC(=O)[C@H](OC)c1ccccc1. The molecular weight excluding hydrogens is 406 g/mol. The fourth-order valence-electron chi connectivity index (χ4n) is 2.69. The van der Waals surface area contributed by atoms with Crippen molar-refractivity contribution in [2.24, 2.45) is 0 Å². The largest absolute Gasteiger partial charge is 0.496 e. The number of hydrogen-bond acceptors (Lipinski definition) is 6. The van der Waals surface area contributed by atoms with Crippen LogP contribution in [0.4, 0.5) is 0 Å². The van der Waals surface area contributed by atoms with Gasteiger partial charge in [0.1, 0.15) is 5.75 Å². The number of carbonyl (C=O) groups excluding carboxylic acids is 2. The molecule has 0 spiro atoms. The molecule has 156 valence electrons. The van der Waals surface area contributed by atoms with Crippen molar-refractivity contribution >= 4 is 34.5 Å². The van der Waals surface area contributed by atoms with Gasteiger partial charge in [-0.25, -0.2) is 0 Å². The van der Waals surface area contributed by atoms with E-state index in [1.807, 2.05) is 54.6 Å². The van der Waals surface area contributed by atoms with E-state index in [1.165, 1.54) is 18.9 Å². The Kier molecular flexibility index (Phi) is 9.57. The summed E-state index contributed by atoms with van der Waals surface area (Å²) >= 11 is 2.77. The van der Waals surface area contributed by atoms with Gasteiger partial charge in [-0.2, -0.15) is 0 Å². The van der Waals surface area contributed by atoms with Crippen LogP contribution >= 0.6 is 23.5 Å². The zero-order valence-corrected chi connectivity index (χ0v) is 18.8. The summed E-state index contributed by atoms with van der Waals surface area (Å²) < 4.78 is 10.8. The van der Waals surface area contributed by atoms with Gasteiger partial charge in [-0.3, -0.25) is 9.59 Å². The van der Waals surface area contributed by atoms with Crippen molar-refractivity contribution in [1.82, 2.24) is 4.90 Å². The van der Waals surface area contributed by atoms with Crippen LogP contribution in [-0.2, 0) is 14.3 Å². The standard InChI is InChI=1S/C22H27NO4S2/c1-23(2)19(24)14-15-28-22(17-12-8-9-13-18(17)26-3)29-21(25)20(27-4)16-10-6-5-7-11-16/h5-13,20,22H,14-15H2,1-4H3/t20-,22?/m1/s1. The quantitative estimate of drug-likeness (QED) is 0.512. The minimum absolute atomic E-state index is 0.0617. The average molecular weight is 434 g/mol. The third-order valence-corrected chi connectivity index (χ3v) is 6.86. The van der Waals surface area contributed by atoms with Gasteiger partial charge in [0.15, 0.2) is 6.10 Å². The van der Waals surface area contributed by atoms with Crippen molar-refractivity contribution in [1.29, 1.82) is 0 Å². The van der Waals surface area contributed by atoms with Gasteiger partial charge in [0.05, 0.1) is 11.7 Å². The Balaban J connectivity index is 2.19. The summed E-state index contributed by atoms with van der Waals surface area (Å²) in [6, 6.07) is 17.1. The zero-order valence-electron chi connectivity index (χ0n) is 17.2. The molecule has 0 radical (unpaired) electrons. The van der Waals surface area contributed by atoms with Crippen molar-refractivity contribution < 1.29 is 19.1 Å². The number of para-hydroxylation sites is 1. The summed E-state index contributed by atoms with van der Waals surface area (Å²) in [6.45, 7) is 0. The van der Waals surface area contributed by atoms with Gasteiger partial charge in [0, 0.05) is 38.9 Å². The third-order valence-electron chi connectivity index (χ3n) is 4.25. The van der Waals surface area contributed by atoms with Crippen LogP contribution in [0.15, 0.2) is 54.6 Å². The van der Waals surface area contributed by atoms with Crippen LogP contribution in [0.25, 0.3) is 0 Å². The van der Waals surface area contributed by atoms with Crippen LogP contribution in [0.2, 0.25) is 0 Å². The maximum absolute atomic E-state index is 13.1. The van der Waals surface area contributed by atoms with Crippen LogP contribution in [0.1, 0.15) is 28.2 Å². The topological polar surface area (TPSA) is 55.8 Å². The number of methoxy groups -OCH3 is 2. The fraction of sp³-hybridized carbons (Fsp3) is 0.364. The number of rotatable bonds is 10. The maximum Gasteiger partial charge on any atom is 0.223 e. The number of nitrogens with zero attached hydrogens (tertiary/aromatic N) is 1. The lowest BCUT2D eigenvalue weighted by Crippen LogP contribution is -2.22. The summed E-state index contributed by atoms with van der Waals surface area (Å²) in [7, 11) is 6.64. The molecule has 0 bridgehead atoms. The first kappa shape index (κ1) is 23.3. The first-order valence-electron chi connectivity index (χ1n) is 9.20. The number of ether oxygens (including phenoxy) is 2. The highest BCUT2D eigenvalue weighted by atomic mass is 32.2. The number of hydrogen-bond donors (Lipinski definition) is 0. The van der Waals surface area contributed by atoms with E-state index in [0.717, 1.165) is 16.9 Å². The van der Waals surface area contributed by atoms with Crippen LogP contribution in [0, 0.1) is 0 Å². The minimum Gasteiger partial charge on any atom is -0.496 e. The Morgan fingerprint density at radius 2 is 1.66 bits per heavy atom. The molecule has 1 unspecified atom stereocenters. The van der Waals surface area contributed by atoms with E-state index >= 15 is 0 Å². The van der Waals surface area contributed by atoms with Crippen molar-refractivity contribution in [2.45, 2.75) is 17.1 Å². The van der Waals surface area contributed by atoms with Gasteiger partial charge in [0.25, 0.3) is 0 Å². The van der Waals surface area contributed by atoms with E-state index < -0.39 is 6.10 Å². The van der Waals surface area contributed by atoms with E-state index in [1.54, 1.807) is 37.9 Å². The van der Waals surface area contributed by atoms with E-state index in [-0.39, 0.29) is 15.6 Å². The van der Waals surface area contributed by atoms with Crippen LogP contribution in [0.5, 0.6) is 5.75 Å². The summed E-state index contributed by atoms with van der Waals surface area (Å²) in [6.07, 6.45) is -0.243. The summed E-state index contributed by atoms with van der Waals surface area (Å²) in [4.78, 5) is 26.6. The van der Waals surface area contributed by atoms with Gasteiger partial charge < -0.3 is 14.4 Å². The smallest absolute Gasteiger partial charge is 0.223 e. The number of amides is 1. The molecule has 0 aliphatic carbocycles. The van der Waals surface area contributed by atoms with Crippen molar-refractivity contribution in [3.05, 3.63) is 65.7 Å². The van der Waals surface area contributed by atoms with Crippen molar-refractivity contribution in [2.75, 3.05) is 34.1 Å². The van der Waals surface area contributed by atoms with Crippen LogP contribution < -0.4 is 4.74 Å². The molecule has 2 aromatic carbocycles. The first-order chi connectivity index (χ1) is 14.0. The molecule has 7 heteroatoms. The zero-order chi connectivity index (χ0) is 21.2. The minimum atomic E-state index is -0.651. The van der Waals surface area contributed by atoms with Gasteiger partial charge in [-0.1, -0.05) is 60.3 Å². The molecule has 1 amide bonds. The average Bonchev–Trinajstić information content (AvgIpc) is 2.74. The van der Waals surface area contributed by atoms with E-state index in [4.69, 9.17) is 9.47 Å². The molecule has 0 saturated heterocycles. The molecule has 0 aromatic heterocycles. The molecule has 0 heterocycles. The molecule has 5 nitrogen and oxygen atoms in total. The molecule has 0 aliphatic heterocycles. The van der Waals surface area contributed by atoms with Crippen LogP contribution in [-0.4, -0.2) is 50.0 Å². The van der Waals surface area contributed by atoms with Gasteiger partial charge >= 0.3 is 0 Å². The summed E-state index contributed by atoms with van der Waals surface area (Å²) in [5, 5.41) is -0.0824. The summed E-state index contributed by atoms with van der Waals surface area (Å²) in [5.41, 5.74) is 1.73. The molecule has 2 atom stereocenters. The Morgan fingerprint density at radius 3 is 2.28 bits per heavy atom. The highest BCUT2D eigenvalue weighted by Gasteiger charge is 2.27. The molecule has 2 rings (SSSR count).